The predicted molar refractivity (Wildman–Crippen MR) is 104 cm³/mol. The van der Waals surface area contributed by atoms with Crippen molar-refractivity contribution in [1.82, 2.24) is 14.9 Å². The molecule has 0 radical (unpaired) electrons. The third kappa shape index (κ3) is 4.58. The number of hydrogen-bond donors (Lipinski definition) is 1. The number of benzene rings is 1. The minimum Gasteiger partial charge on any atom is -0.495 e. The minimum atomic E-state index is -0.255. The number of nitrogens with one attached hydrogen (secondary N) is 1. The number of rotatable bonds is 5. The zero-order chi connectivity index (χ0) is 19.2. The van der Waals surface area contributed by atoms with Gasteiger partial charge in [0.2, 0.25) is 5.95 Å². The number of aromatic nitrogens is 2. The van der Waals surface area contributed by atoms with Crippen LogP contribution in [-0.2, 0) is 4.74 Å². The molecule has 2 heterocycles. The monoisotopic (exact) mass is 371 g/mol. The molecular weight excluding hydrogens is 346 g/mol. The van der Waals surface area contributed by atoms with Gasteiger partial charge in [0.25, 0.3) is 0 Å². The van der Waals surface area contributed by atoms with Crippen LogP contribution >= 0.6 is 0 Å². The van der Waals surface area contributed by atoms with Crippen molar-refractivity contribution >= 4 is 23.5 Å². The molecule has 1 saturated heterocycles. The summed E-state index contributed by atoms with van der Waals surface area (Å²) in [5, 5.41) is 3.23. The van der Waals surface area contributed by atoms with Crippen molar-refractivity contribution in [3.05, 3.63) is 36.0 Å². The average Bonchev–Trinajstić information content (AvgIpc) is 2.68. The lowest BCUT2D eigenvalue weighted by Crippen LogP contribution is -2.49. The van der Waals surface area contributed by atoms with Gasteiger partial charge >= 0.3 is 6.09 Å². The van der Waals surface area contributed by atoms with Gasteiger partial charge in [-0.3, -0.25) is 0 Å². The maximum atomic E-state index is 11.9. The van der Waals surface area contributed by atoms with Crippen LogP contribution in [0.15, 0.2) is 30.3 Å². The SMILES string of the molecule is CCOC(=O)N1CCN(c2cc(C)nc(Nc3ccccc3OC)n2)CC1. The molecule has 1 fully saturated rings. The summed E-state index contributed by atoms with van der Waals surface area (Å²) in [6, 6.07) is 9.59. The number of piperazine rings is 1. The largest absolute Gasteiger partial charge is 0.495 e. The van der Waals surface area contributed by atoms with Crippen LogP contribution in [0.3, 0.4) is 0 Å². The molecule has 0 spiro atoms. The highest BCUT2D eigenvalue weighted by atomic mass is 16.6. The summed E-state index contributed by atoms with van der Waals surface area (Å²) in [6.45, 7) is 6.75. The zero-order valence-corrected chi connectivity index (χ0v) is 15.9. The summed E-state index contributed by atoms with van der Waals surface area (Å²) < 4.78 is 10.4. The summed E-state index contributed by atoms with van der Waals surface area (Å²) in [5.74, 6) is 2.08. The Bertz CT molecular complexity index is 791. The van der Waals surface area contributed by atoms with E-state index >= 15 is 0 Å². The van der Waals surface area contributed by atoms with Crippen molar-refractivity contribution in [2.45, 2.75) is 13.8 Å². The Labute approximate surface area is 159 Å². The van der Waals surface area contributed by atoms with Crippen molar-refractivity contribution in [3.63, 3.8) is 0 Å². The summed E-state index contributed by atoms with van der Waals surface area (Å²) in [4.78, 5) is 24.9. The molecule has 1 aliphatic rings. The first-order chi connectivity index (χ1) is 13.1. The first kappa shape index (κ1) is 18.8. The molecule has 1 aromatic carbocycles. The third-order valence-corrected chi connectivity index (χ3v) is 4.32. The summed E-state index contributed by atoms with van der Waals surface area (Å²) in [5.41, 5.74) is 1.67. The Morgan fingerprint density at radius 1 is 1.19 bits per heavy atom. The van der Waals surface area contributed by atoms with Crippen molar-refractivity contribution < 1.29 is 14.3 Å². The van der Waals surface area contributed by atoms with Gasteiger partial charge in [-0.1, -0.05) is 12.1 Å². The number of para-hydroxylation sites is 2. The molecule has 1 amide bonds. The van der Waals surface area contributed by atoms with Gasteiger partial charge in [-0.25, -0.2) is 9.78 Å². The molecule has 1 aromatic heterocycles. The molecule has 8 nitrogen and oxygen atoms in total. The fourth-order valence-corrected chi connectivity index (χ4v) is 2.97. The highest BCUT2D eigenvalue weighted by Crippen LogP contribution is 2.26. The molecule has 2 aromatic rings. The number of aryl methyl sites for hydroxylation is 1. The van der Waals surface area contributed by atoms with E-state index in [1.165, 1.54) is 0 Å². The highest BCUT2D eigenvalue weighted by Gasteiger charge is 2.23. The number of carbonyl (C=O) groups excluding carboxylic acids is 1. The van der Waals surface area contributed by atoms with Gasteiger partial charge in [-0.15, -0.1) is 0 Å². The summed E-state index contributed by atoms with van der Waals surface area (Å²) in [6.07, 6.45) is -0.255. The lowest BCUT2D eigenvalue weighted by Gasteiger charge is -2.34. The van der Waals surface area contributed by atoms with E-state index < -0.39 is 0 Å². The maximum absolute atomic E-state index is 11.9. The molecule has 0 atom stereocenters. The number of ether oxygens (including phenoxy) is 2. The average molecular weight is 371 g/mol. The number of carbonyl (C=O) groups is 1. The van der Waals surface area contributed by atoms with Crippen LogP contribution in [0.5, 0.6) is 5.75 Å². The Morgan fingerprint density at radius 2 is 1.93 bits per heavy atom. The number of hydrogen-bond acceptors (Lipinski definition) is 7. The van der Waals surface area contributed by atoms with E-state index in [-0.39, 0.29) is 6.09 Å². The van der Waals surface area contributed by atoms with Gasteiger partial charge in [-0.2, -0.15) is 4.98 Å². The van der Waals surface area contributed by atoms with E-state index in [2.05, 4.69) is 20.2 Å². The fourth-order valence-electron chi connectivity index (χ4n) is 2.97. The Balaban J connectivity index is 1.72. The Kier molecular flexibility index (Phi) is 5.95. The molecule has 144 valence electrons. The van der Waals surface area contributed by atoms with Crippen LogP contribution in [0.2, 0.25) is 0 Å². The predicted octanol–water partition coefficient (Wildman–Crippen LogP) is 2.82. The molecule has 1 N–H and O–H groups in total. The van der Waals surface area contributed by atoms with Crippen molar-refractivity contribution in [3.8, 4) is 5.75 Å². The molecule has 0 unspecified atom stereocenters. The van der Waals surface area contributed by atoms with Crippen LogP contribution < -0.4 is 15.0 Å². The second kappa shape index (κ2) is 8.57. The minimum absolute atomic E-state index is 0.255. The van der Waals surface area contributed by atoms with Crippen molar-refractivity contribution in [1.29, 1.82) is 0 Å². The molecule has 27 heavy (non-hydrogen) atoms. The molecular formula is C19H25N5O3. The van der Waals surface area contributed by atoms with E-state index in [0.717, 1.165) is 22.9 Å². The highest BCUT2D eigenvalue weighted by molar-refractivity contribution is 5.68. The van der Waals surface area contributed by atoms with Crippen LogP contribution in [0.1, 0.15) is 12.6 Å². The summed E-state index contributed by atoms with van der Waals surface area (Å²) in [7, 11) is 1.63. The van der Waals surface area contributed by atoms with Crippen LogP contribution in [0.4, 0.5) is 22.2 Å². The maximum Gasteiger partial charge on any atom is 0.409 e. The molecule has 0 saturated carbocycles. The molecule has 8 heteroatoms. The van der Waals surface area contributed by atoms with E-state index in [1.54, 1.807) is 12.0 Å². The topological polar surface area (TPSA) is 79.8 Å². The lowest BCUT2D eigenvalue weighted by molar-refractivity contribution is 0.105. The molecule has 3 rings (SSSR count). The van der Waals surface area contributed by atoms with E-state index in [9.17, 15) is 4.79 Å². The second-order valence-electron chi connectivity index (χ2n) is 6.19. The molecule has 0 aliphatic carbocycles. The van der Waals surface area contributed by atoms with Crippen LogP contribution in [-0.4, -0.2) is 60.9 Å². The van der Waals surface area contributed by atoms with Gasteiger partial charge in [0.1, 0.15) is 11.6 Å². The molecule has 1 aliphatic heterocycles. The molecule has 0 bridgehead atoms. The third-order valence-electron chi connectivity index (χ3n) is 4.32. The standard InChI is InChI=1S/C19H25N5O3/c1-4-27-19(25)24-11-9-23(10-12-24)17-13-14(2)20-18(22-17)21-15-7-5-6-8-16(15)26-3/h5-8,13H,4,9-12H2,1-3H3,(H,20,21,22). The van der Waals surface area contributed by atoms with Gasteiger partial charge in [0.05, 0.1) is 19.4 Å². The first-order valence-electron chi connectivity index (χ1n) is 9.03. The first-order valence-corrected chi connectivity index (χ1v) is 9.03. The van der Waals surface area contributed by atoms with Gasteiger partial charge in [0, 0.05) is 37.9 Å². The fraction of sp³-hybridized carbons (Fsp3) is 0.421. The quantitative estimate of drug-likeness (QED) is 0.866. The van der Waals surface area contributed by atoms with Gasteiger partial charge in [0.15, 0.2) is 0 Å². The number of anilines is 3. The van der Waals surface area contributed by atoms with Gasteiger partial charge < -0.3 is 24.6 Å². The summed E-state index contributed by atoms with van der Waals surface area (Å²) >= 11 is 0. The Morgan fingerprint density at radius 3 is 2.63 bits per heavy atom. The van der Waals surface area contributed by atoms with E-state index in [1.807, 2.05) is 44.2 Å². The van der Waals surface area contributed by atoms with Crippen LogP contribution in [0.25, 0.3) is 0 Å². The number of nitrogens with zero attached hydrogens (tertiary/aromatic N) is 4. The zero-order valence-electron chi connectivity index (χ0n) is 15.9. The smallest absolute Gasteiger partial charge is 0.409 e. The Hall–Kier alpha value is -3.03. The van der Waals surface area contributed by atoms with Crippen molar-refractivity contribution in [2.24, 2.45) is 0 Å². The second-order valence-corrected chi connectivity index (χ2v) is 6.19. The number of amides is 1. The van der Waals surface area contributed by atoms with E-state index in [0.29, 0.717) is 38.7 Å². The lowest BCUT2D eigenvalue weighted by atomic mass is 10.3. The van der Waals surface area contributed by atoms with Gasteiger partial charge in [-0.05, 0) is 26.0 Å². The van der Waals surface area contributed by atoms with Crippen molar-refractivity contribution in [2.75, 3.05) is 50.1 Å². The normalized spacial score (nSPS) is 14.0. The van der Waals surface area contributed by atoms with E-state index in [4.69, 9.17) is 9.47 Å². The van der Waals surface area contributed by atoms with Crippen LogP contribution in [0, 0.1) is 6.92 Å². The number of methoxy groups -OCH3 is 1.